The smallest absolute Gasteiger partial charge is 0.162 e. The molecular weight excluding hydrogens is 238 g/mol. The van der Waals surface area contributed by atoms with Gasteiger partial charge in [-0.3, -0.25) is 0 Å². The van der Waals surface area contributed by atoms with Crippen molar-refractivity contribution in [1.29, 1.82) is 0 Å². The Labute approximate surface area is 112 Å². The van der Waals surface area contributed by atoms with E-state index in [2.05, 4.69) is 28.1 Å². The van der Waals surface area contributed by atoms with Crippen molar-refractivity contribution >= 4 is 0 Å². The molecule has 0 aliphatic rings. The molecule has 4 heteroatoms. The first-order valence-corrected chi connectivity index (χ1v) is 5.95. The van der Waals surface area contributed by atoms with Gasteiger partial charge in [0.25, 0.3) is 0 Å². The SMILES string of the molecule is C=CCc1cc(-c2ncncn2)cc(CC=C)c1O. The first kappa shape index (κ1) is 13.0. The molecule has 0 fully saturated rings. The molecule has 4 nitrogen and oxygen atoms in total. The van der Waals surface area contributed by atoms with Crippen molar-refractivity contribution in [2.75, 3.05) is 0 Å². The third-order valence-electron chi connectivity index (χ3n) is 2.75. The quantitative estimate of drug-likeness (QED) is 0.832. The maximum Gasteiger partial charge on any atom is 0.162 e. The van der Waals surface area contributed by atoms with Crippen LogP contribution >= 0.6 is 0 Å². The van der Waals surface area contributed by atoms with Crippen LogP contribution in [0.4, 0.5) is 0 Å². The van der Waals surface area contributed by atoms with Gasteiger partial charge in [0.15, 0.2) is 5.82 Å². The van der Waals surface area contributed by atoms with E-state index in [0.717, 1.165) is 16.7 Å². The van der Waals surface area contributed by atoms with E-state index in [1.165, 1.54) is 12.7 Å². The Morgan fingerprint density at radius 1 is 1.00 bits per heavy atom. The third-order valence-corrected chi connectivity index (χ3v) is 2.75. The fourth-order valence-corrected chi connectivity index (χ4v) is 1.90. The highest BCUT2D eigenvalue weighted by atomic mass is 16.3. The summed E-state index contributed by atoms with van der Waals surface area (Å²) in [5, 5.41) is 10.2. The third kappa shape index (κ3) is 2.85. The van der Waals surface area contributed by atoms with Gasteiger partial charge < -0.3 is 5.11 Å². The van der Waals surface area contributed by atoms with E-state index >= 15 is 0 Å². The summed E-state index contributed by atoms with van der Waals surface area (Å²) >= 11 is 0. The number of rotatable bonds is 5. The molecule has 0 aliphatic carbocycles. The van der Waals surface area contributed by atoms with Gasteiger partial charge in [-0.15, -0.1) is 13.2 Å². The average Bonchev–Trinajstić information content (AvgIpc) is 2.44. The molecule has 96 valence electrons. The van der Waals surface area contributed by atoms with Crippen LogP contribution in [0.3, 0.4) is 0 Å². The summed E-state index contributed by atoms with van der Waals surface area (Å²) < 4.78 is 0. The highest BCUT2D eigenvalue weighted by Gasteiger charge is 2.10. The maximum atomic E-state index is 10.2. The average molecular weight is 253 g/mol. The summed E-state index contributed by atoms with van der Waals surface area (Å²) in [7, 11) is 0. The van der Waals surface area contributed by atoms with Crippen molar-refractivity contribution in [3.63, 3.8) is 0 Å². The molecule has 0 aliphatic heterocycles. The lowest BCUT2D eigenvalue weighted by molar-refractivity contribution is 0.464. The van der Waals surface area contributed by atoms with Gasteiger partial charge in [0.1, 0.15) is 18.4 Å². The molecule has 1 heterocycles. The first-order valence-electron chi connectivity index (χ1n) is 5.95. The van der Waals surface area contributed by atoms with Crippen LogP contribution in [0.25, 0.3) is 11.4 Å². The van der Waals surface area contributed by atoms with Crippen LogP contribution in [0.5, 0.6) is 5.75 Å². The minimum absolute atomic E-state index is 0.289. The molecule has 0 saturated carbocycles. The number of allylic oxidation sites excluding steroid dienone is 2. The fourth-order valence-electron chi connectivity index (χ4n) is 1.90. The zero-order valence-electron chi connectivity index (χ0n) is 10.6. The van der Waals surface area contributed by atoms with E-state index in [4.69, 9.17) is 0 Å². The van der Waals surface area contributed by atoms with Gasteiger partial charge in [-0.05, 0) is 36.1 Å². The van der Waals surface area contributed by atoms with Gasteiger partial charge in [-0.2, -0.15) is 0 Å². The monoisotopic (exact) mass is 253 g/mol. The Balaban J connectivity index is 2.55. The van der Waals surface area contributed by atoms with Gasteiger partial charge >= 0.3 is 0 Å². The van der Waals surface area contributed by atoms with Gasteiger partial charge in [0, 0.05) is 5.56 Å². The van der Waals surface area contributed by atoms with Gasteiger partial charge in [-0.25, -0.2) is 15.0 Å². The molecular formula is C15H15N3O. The van der Waals surface area contributed by atoms with E-state index in [9.17, 15) is 5.11 Å². The lowest BCUT2D eigenvalue weighted by Gasteiger charge is -2.10. The number of hydrogen-bond donors (Lipinski definition) is 1. The Bertz CT molecular complexity index is 563. The Morgan fingerprint density at radius 3 is 2.00 bits per heavy atom. The summed E-state index contributed by atoms with van der Waals surface area (Å²) in [6.45, 7) is 7.41. The highest BCUT2D eigenvalue weighted by Crippen LogP contribution is 2.29. The lowest BCUT2D eigenvalue weighted by atomic mass is 9.99. The summed E-state index contributed by atoms with van der Waals surface area (Å²) in [5.74, 6) is 0.878. The molecule has 1 N–H and O–H groups in total. The number of phenols is 1. The molecule has 0 radical (unpaired) electrons. The first-order chi connectivity index (χ1) is 9.26. The predicted molar refractivity (Wildman–Crippen MR) is 74.7 cm³/mol. The zero-order chi connectivity index (χ0) is 13.7. The Hall–Kier alpha value is -2.49. The van der Waals surface area contributed by atoms with Crippen LogP contribution in [0.1, 0.15) is 11.1 Å². The molecule has 0 saturated heterocycles. The Morgan fingerprint density at radius 2 is 1.53 bits per heavy atom. The van der Waals surface area contributed by atoms with Gasteiger partial charge in [-0.1, -0.05) is 12.2 Å². The van der Waals surface area contributed by atoms with Crippen molar-refractivity contribution in [1.82, 2.24) is 15.0 Å². The summed E-state index contributed by atoms with van der Waals surface area (Å²) in [6.07, 6.45) is 7.60. The Kier molecular flexibility index (Phi) is 4.03. The fraction of sp³-hybridized carbons (Fsp3) is 0.133. The standard InChI is InChI=1S/C15H15N3O/c1-3-5-11-7-13(15-17-9-16-10-18-15)8-12(6-4-2)14(11)19/h3-4,7-10,19H,1-2,5-6H2. The summed E-state index contributed by atoms with van der Waals surface area (Å²) in [6, 6.07) is 3.75. The van der Waals surface area contributed by atoms with Crippen LogP contribution < -0.4 is 0 Å². The van der Waals surface area contributed by atoms with Crippen LogP contribution in [-0.4, -0.2) is 20.1 Å². The molecule has 0 spiro atoms. The lowest BCUT2D eigenvalue weighted by Crippen LogP contribution is -1.95. The minimum atomic E-state index is 0.289. The topological polar surface area (TPSA) is 58.9 Å². The van der Waals surface area contributed by atoms with Crippen LogP contribution in [0.15, 0.2) is 50.1 Å². The van der Waals surface area contributed by atoms with Crippen molar-refractivity contribution < 1.29 is 5.11 Å². The molecule has 0 bridgehead atoms. The molecule has 0 amide bonds. The zero-order valence-corrected chi connectivity index (χ0v) is 10.6. The normalized spacial score (nSPS) is 10.1. The molecule has 1 aromatic heterocycles. The van der Waals surface area contributed by atoms with Crippen molar-refractivity contribution in [2.45, 2.75) is 12.8 Å². The second-order valence-electron chi connectivity index (χ2n) is 4.09. The van der Waals surface area contributed by atoms with Gasteiger partial charge in [0.05, 0.1) is 0 Å². The van der Waals surface area contributed by atoms with Crippen LogP contribution in [0.2, 0.25) is 0 Å². The largest absolute Gasteiger partial charge is 0.507 e. The number of hydrogen-bond acceptors (Lipinski definition) is 4. The molecule has 2 aromatic rings. The molecule has 19 heavy (non-hydrogen) atoms. The minimum Gasteiger partial charge on any atom is -0.507 e. The van der Waals surface area contributed by atoms with E-state index in [0.29, 0.717) is 18.7 Å². The number of aromatic hydroxyl groups is 1. The number of phenolic OH excluding ortho intramolecular Hbond substituents is 1. The van der Waals surface area contributed by atoms with E-state index in [-0.39, 0.29) is 5.75 Å². The predicted octanol–water partition coefficient (Wildman–Crippen LogP) is 2.70. The number of benzene rings is 1. The summed E-state index contributed by atoms with van der Waals surface area (Å²) in [5.41, 5.74) is 2.48. The van der Waals surface area contributed by atoms with Crippen LogP contribution in [0, 0.1) is 0 Å². The second kappa shape index (κ2) is 5.91. The molecule has 0 unspecified atom stereocenters. The summed E-state index contributed by atoms with van der Waals surface area (Å²) in [4.78, 5) is 12.1. The highest BCUT2D eigenvalue weighted by molar-refractivity contribution is 5.61. The number of aromatic nitrogens is 3. The van der Waals surface area contributed by atoms with Crippen molar-refractivity contribution in [3.8, 4) is 17.1 Å². The van der Waals surface area contributed by atoms with E-state index in [1.807, 2.05) is 12.1 Å². The van der Waals surface area contributed by atoms with Crippen molar-refractivity contribution in [2.24, 2.45) is 0 Å². The molecule has 2 rings (SSSR count). The van der Waals surface area contributed by atoms with Gasteiger partial charge in [0.2, 0.25) is 0 Å². The van der Waals surface area contributed by atoms with E-state index in [1.54, 1.807) is 12.2 Å². The van der Waals surface area contributed by atoms with E-state index < -0.39 is 0 Å². The molecule has 1 aromatic carbocycles. The van der Waals surface area contributed by atoms with Crippen molar-refractivity contribution in [3.05, 3.63) is 61.2 Å². The number of nitrogens with zero attached hydrogens (tertiary/aromatic N) is 3. The molecule has 0 atom stereocenters. The van der Waals surface area contributed by atoms with Crippen LogP contribution in [-0.2, 0) is 12.8 Å². The maximum absolute atomic E-state index is 10.2. The second-order valence-corrected chi connectivity index (χ2v) is 4.09.